The van der Waals surface area contributed by atoms with E-state index in [0.29, 0.717) is 29.9 Å². The van der Waals surface area contributed by atoms with E-state index in [-0.39, 0.29) is 22.4 Å². The minimum atomic E-state index is -0.798. The fraction of sp³-hybridized carbons (Fsp3) is 0.690. The normalized spacial score (nSPS) is 42.1. The number of hydrogen-bond donors (Lipinski definition) is 2. The van der Waals surface area contributed by atoms with Gasteiger partial charge in [0, 0.05) is 34.5 Å². The molecule has 2 N–H and O–H groups in total. The third-order valence-corrected chi connectivity index (χ3v) is 11.3. The number of rotatable bonds is 3. The quantitative estimate of drug-likeness (QED) is 0.361. The van der Waals surface area contributed by atoms with Crippen LogP contribution in [0.25, 0.3) is 0 Å². The second kappa shape index (κ2) is 8.41. The molecule has 0 radical (unpaired) electrons. The Morgan fingerprint density at radius 1 is 1.09 bits per heavy atom. The molecule has 6 rings (SSSR count). The summed E-state index contributed by atoms with van der Waals surface area (Å²) in [7, 11) is 0. The highest BCUT2D eigenvalue weighted by Gasteiger charge is 2.64. The van der Waals surface area contributed by atoms with E-state index >= 15 is 0 Å². The summed E-state index contributed by atoms with van der Waals surface area (Å²) in [5.41, 5.74) is 1.53. The van der Waals surface area contributed by atoms with Gasteiger partial charge >= 0.3 is 0 Å². The minimum Gasteiger partial charge on any atom is -0.507 e. The SMILES string of the molecule is C[C@]12CCC3(CC1=CC[C@@H]1[C@H]2CC[C@@]2(C)[C@@H]1CC[C@@]2(O)CN=Cc1cc(Br)ccc1O)OCCO3. The van der Waals surface area contributed by atoms with Crippen LogP contribution in [0.4, 0.5) is 0 Å². The van der Waals surface area contributed by atoms with Gasteiger partial charge in [0.25, 0.3) is 0 Å². The van der Waals surface area contributed by atoms with Crippen molar-refractivity contribution < 1.29 is 19.7 Å². The molecular formula is C29H38BrNO4. The highest BCUT2D eigenvalue weighted by atomic mass is 79.9. The first kappa shape index (κ1) is 24.1. The summed E-state index contributed by atoms with van der Waals surface area (Å²) in [4.78, 5) is 4.66. The number of halogens is 1. The van der Waals surface area contributed by atoms with Gasteiger partial charge in [-0.25, -0.2) is 0 Å². The summed E-state index contributed by atoms with van der Waals surface area (Å²) >= 11 is 3.46. The molecular weight excluding hydrogens is 506 g/mol. The van der Waals surface area contributed by atoms with Gasteiger partial charge in [0.15, 0.2) is 5.79 Å². The molecule has 190 valence electrons. The summed E-state index contributed by atoms with van der Waals surface area (Å²) in [6.45, 7) is 6.65. The van der Waals surface area contributed by atoms with Crippen LogP contribution in [0, 0.1) is 28.6 Å². The Balaban J connectivity index is 1.21. The molecule has 35 heavy (non-hydrogen) atoms. The maximum absolute atomic E-state index is 11.9. The van der Waals surface area contributed by atoms with Gasteiger partial charge in [-0.05, 0) is 79.9 Å². The third-order valence-electron chi connectivity index (χ3n) is 10.8. The molecule has 6 heteroatoms. The molecule has 0 unspecified atom stereocenters. The number of benzene rings is 1. The van der Waals surface area contributed by atoms with E-state index in [0.717, 1.165) is 62.6 Å². The van der Waals surface area contributed by atoms with Crippen LogP contribution in [-0.2, 0) is 9.47 Å². The van der Waals surface area contributed by atoms with Crippen LogP contribution in [0.3, 0.4) is 0 Å². The van der Waals surface area contributed by atoms with E-state index in [4.69, 9.17) is 9.47 Å². The van der Waals surface area contributed by atoms with Crippen LogP contribution in [0.5, 0.6) is 5.75 Å². The summed E-state index contributed by atoms with van der Waals surface area (Å²) in [6, 6.07) is 5.33. The maximum atomic E-state index is 11.9. The molecule has 1 aliphatic heterocycles. The van der Waals surface area contributed by atoms with Gasteiger partial charge < -0.3 is 19.7 Å². The van der Waals surface area contributed by atoms with Gasteiger partial charge in [-0.1, -0.05) is 41.4 Å². The first-order valence-corrected chi connectivity index (χ1v) is 14.2. The smallest absolute Gasteiger partial charge is 0.172 e. The van der Waals surface area contributed by atoms with Crippen LogP contribution in [0.1, 0.15) is 70.8 Å². The van der Waals surface area contributed by atoms with Crippen molar-refractivity contribution in [2.75, 3.05) is 19.8 Å². The fourth-order valence-corrected chi connectivity index (χ4v) is 9.02. The average Bonchev–Trinajstić information content (AvgIpc) is 3.39. The third kappa shape index (κ3) is 3.69. The topological polar surface area (TPSA) is 71.3 Å². The van der Waals surface area contributed by atoms with Crippen LogP contribution >= 0.6 is 15.9 Å². The Labute approximate surface area is 217 Å². The lowest BCUT2D eigenvalue weighted by Gasteiger charge is -2.59. The predicted octanol–water partition coefficient (Wildman–Crippen LogP) is 6.01. The number of ether oxygens (including phenoxy) is 2. The number of allylic oxidation sites excluding steroid dienone is 1. The van der Waals surface area contributed by atoms with Crippen molar-refractivity contribution in [3.05, 3.63) is 39.9 Å². The lowest BCUT2D eigenvalue weighted by molar-refractivity contribution is -0.187. The average molecular weight is 545 g/mol. The zero-order chi connectivity index (χ0) is 24.5. The van der Waals surface area contributed by atoms with Crippen molar-refractivity contribution in [1.29, 1.82) is 0 Å². The van der Waals surface area contributed by atoms with Gasteiger partial charge in [0.1, 0.15) is 5.75 Å². The van der Waals surface area contributed by atoms with Gasteiger partial charge in [0.05, 0.1) is 25.4 Å². The van der Waals surface area contributed by atoms with Gasteiger partial charge in [-0.2, -0.15) is 0 Å². The second-order valence-corrected chi connectivity index (χ2v) is 13.2. The van der Waals surface area contributed by atoms with Crippen molar-refractivity contribution in [2.24, 2.45) is 33.6 Å². The van der Waals surface area contributed by atoms with E-state index in [2.05, 4.69) is 40.8 Å². The number of phenolic OH excluding ortho intramolecular Hbond substituents is 1. The number of aliphatic imine (C=N–C) groups is 1. The lowest BCUT2D eigenvalue weighted by atomic mass is 9.46. The minimum absolute atomic E-state index is 0.125. The van der Waals surface area contributed by atoms with Crippen LogP contribution in [0.2, 0.25) is 0 Å². The molecule has 0 amide bonds. The Bertz CT molecular complexity index is 1060. The molecule has 1 heterocycles. The molecule has 1 spiro atoms. The molecule has 5 nitrogen and oxygen atoms in total. The molecule has 3 saturated carbocycles. The fourth-order valence-electron chi connectivity index (χ4n) is 8.64. The molecule has 5 aliphatic rings. The van der Waals surface area contributed by atoms with E-state index in [9.17, 15) is 10.2 Å². The molecule has 6 atom stereocenters. The number of aromatic hydroxyl groups is 1. The van der Waals surface area contributed by atoms with Gasteiger partial charge in [-0.3, -0.25) is 4.99 Å². The molecule has 4 fully saturated rings. The molecule has 4 aliphatic carbocycles. The number of fused-ring (bicyclic) bond motifs is 5. The number of aliphatic hydroxyl groups is 1. The predicted molar refractivity (Wildman–Crippen MR) is 140 cm³/mol. The van der Waals surface area contributed by atoms with Gasteiger partial charge in [0.2, 0.25) is 0 Å². The first-order valence-electron chi connectivity index (χ1n) is 13.4. The van der Waals surface area contributed by atoms with Crippen molar-refractivity contribution in [3.63, 3.8) is 0 Å². The number of nitrogens with zero attached hydrogens (tertiary/aromatic N) is 1. The van der Waals surface area contributed by atoms with Gasteiger partial charge in [-0.15, -0.1) is 0 Å². The molecule has 1 aromatic carbocycles. The maximum Gasteiger partial charge on any atom is 0.172 e. The molecule has 1 saturated heterocycles. The van der Waals surface area contributed by atoms with Crippen molar-refractivity contribution in [2.45, 2.75) is 76.6 Å². The van der Waals surface area contributed by atoms with E-state index in [1.54, 1.807) is 17.9 Å². The van der Waals surface area contributed by atoms with Crippen LogP contribution in [0.15, 0.2) is 39.3 Å². The zero-order valence-electron chi connectivity index (χ0n) is 20.9. The van der Waals surface area contributed by atoms with Crippen molar-refractivity contribution in [1.82, 2.24) is 0 Å². The second-order valence-electron chi connectivity index (χ2n) is 12.2. The molecule has 1 aromatic rings. The van der Waals surface area contributed by atoms with Crippen molar-refractivity contribution in [3.8, 4) is 5.75 Å². The standard InChI is InChI=1S/C29H38BrNO4/c1-26-11-12-29(34-13-14-35-29)16-20(26)3-5-22-23(26)7-9-27(2)24(22)8-10-28(27,33)18-31-17-19-15-21(30)4-6-25(19)32/h3-4,6,15,17,22-24,32-33H,5,7-14,16,18H2,1-2H3/t22-,23-,24-,26+,27+,28-/m1/s1. The molecule has 0 aromatic heterocycles. The number of hydrogen-bond acceptors (Lipinski definition) is 5. The highest BCUT2D eigenvalue weighted by molar-refractivity contribution is 9.10. The number of phenols is 1. The monoisotopic (exact) mass is 543 g/mol. The van der Waals surface area contributed by atoms with Crippen molar-refractivity contribution >= 4 is 22.1 Å². The largest absolute Gasteiger partial charge is 0.507 e. The molecule has 0 bridgehead atoms. The lowest BCUT2D eigenvalue weighted by Crippen LogP contribution is -2.56. The Hall–Kier alpha value is -1.21. The van der Waals surface area contributed by atoms with Crippen LogP contribution in [-0.4, -0.2) is 47.6 Å². The summed E-state index contributed by atoms with van der Waals surface area (Å²) in [5, 5.41) is 22.1. The van der Waals surface area contributed by atoms with Crippen LogP contribution < -0.4 is 0 Å². The van der Waals surface area contributed by atoms with E-state index < -0.39 is 5.60 Å². The first-order chi connectivity index (χ1) is 16.7. The summed E-state index contributed by atoms with van der Waals surface area (Å²) < 4.78 is 13.1. The van der Waals surface area contributed by atoms with E-state index in [1.165, 1.54) is 6.42 Å². The summed E-state index contributed by atoms with van der Waals surface area (Å²) in [5.74, 6) is 1.65. The Kier molecular flexibility index (Phi) is 5.80. The zero-order valence-corrected chi connectivity index (χ0v) is 22.5. The summed E-state index contributed by atoms with van der Waals surface area (Å²) in [6.07, 6.45) is 12.5. The highest BCUT2D eigenvalue weighted by Crippen LogP contribution is 2.68. The van der Waals surface area contributed by atoms with E-state index in [1.807, 2.05) is 12.1 Å². The Morgan fingerprint density at radius 3 is 2.66 bits per heavy atom. The Morgan fingerprint density at radius 2 is 1.86 bits per heavy atom.